The summed E-state index contributed by atoms with van der Waals surface area (Å²) >= 11 is 0. The van der Waals surface area contributed by atoms with E-state index in [1.807, 2.05) is 96.5 Å². The minimum absolute atomic E-state index is 0.958. The summed E-state index contributed by atoms with van der Waals surface area (Å²) in [4.78, 5) is 15.1. The Hall–Kier alpha value is -6.56. The third-order valence-corrected chi connectivity index (χ3v) is 8.87. The smallest absolute Gasteiger partial charge is 0.0569 e. The standard InChI is InChI=1S/C36H32N12/c1-45-17-21(13-37-45)33-25-5-7-27(41-25)34(22-14-38-46(2)18-22)29-9-11-31(43-29)36(24-16-40-48(4)20-24)32-12-10-30(44-32)35(23-15-39-47(3)19-23)28-8-6-26(33)42-28/h5-20,41-44H,1-4H3. The second-order valence-electron chi connectivity index (χ2n) is 12.3. The van der Waals surface area contributed by atoms with Gasteiger partial charge >= 0.3 is 0 Å². The molecule has 0 amide bonds. The van der Waals surface area contributed by atoms with Crippen molar-refractivity contribution in [2.45, 2.75) is 0 Å². The summed E-state index contributed by atoms with van der Waals surface area (Å²) in [5.74, 6) is 0. The lowest BCUT2D eigenvalue weighted by molar-refractivity contribution is 0.767. The third-order valence-electron chi connectivity index (χ3n) is 8.87. The van der Waals surface area contributed by atoms with Crippen molar-refractivity contribution in [2.75, 3.05) is 0 Å². The lowest BCUT2D eigenvalue weighted by atomic mass is 10.1. The van der Waals surface area contributed by atoms with Gasteiger partial charge in [0, 0.05) is 142 Å². The average Bonchev–Trinajstić information content (AvgIpc) is 3.89. The van der Waals surface area contributed by atoms with Crippen LogP contribution >= 0.6 is 0 Å². The number of aryl methyl sites for hydroxylation is 4. The maximum absolute atomic E-state index is 4.52. The van der Waals surface area contributed by atoms with E-state index in [9.17, 15) is 0 Å². The molecule has 12 heteroatoms. The van der Waals surface area contributed by atoms with Crippen molar-refractivity contribution in [3.63, 3.8) is 0 Å². The molecule has 48 heavy (non-hydrogen) atoms. The van der Waals surface area contributed by atoms with E-state index >= 15 is 0 Å². The first-order chi connectivity index (χ1) is 23.4. The van der Waals surface area contributed by atoms with Crippen molar-refractivity contribution in [1.29, 1.82) is 0 Å². The minimum atomic E-state index is 0.958. The monoisotopic (exact) mass is 632 g/mol. The molecule has 0 saturated carbocycles. The number of hydrogen-bond acceptors (Lipinski definition) is 4. The van der Waals surface area contributed by atoms with Crippen LogP contribution in [0.15, 0.2) is 98.1 Å². The van der Waals surface area contributed by atoms with Gasteiger partial charge in [-0.15, -0.1) is 0 Å². The molecule has 0 spiro atoms. The highest BCUT2D eigenvalue weighted by Gasteiger charge is 2.20. The molecule has 8 bridgehead atoms. The van der Waals surface area contributed by atoms with Crippen LogP contribution in [0.5, 0.6) is 0 Å². The number of rotatable bonds is 4. The van der Waals surface area contributed by atoms with Gasteiger partial charge < -0.3 is 19.9 Å². The van der Waals surface area contributed by atoms with Crippen molar-refractivity contribution >= 4 is 22.3 Å². The van der Waals surface area contributed by atoms with Crippen LogP contribution in [-0.2, 0) is 28.2 Å². The van der Waals surface area contributed by atoms with Gasteiger partial charge in [0.1, 0.15) is 0 Å². The highest BCUT2D eigenvalue weighted by molar-refractivity contribution is 5.84. The summed E-state index contributed by atoms with van der Waals surface area (Å²) in [7, 11) is 7.74. The topological polar surface area (TPSA) is 134 Å². The third kappa shape index (κ3) is 4.53. The Morgan fingerprint density at radius 2 is 0.604 bits per heavy atom. The highest BCUT2D eigenvalue weighted by Crippen LogP contribution is 2.27. The van der Waals surface area contributed by atoms with E-state index in [0.29, 0.717) is 0 Å². The van der Waals surface area contributed by atoms with E-state index in [1.54, 1.807) is 0 Å². The number of hydrogen-bond donors (Lipinski definition) is 4. The van der Waals surface area contributed by atoms with Gasteiger partial charge in [0.25, 0.3) is 0 Å². The Balaban J connectivity index is 1.44. The SMILES string of the molecule is Cn1cc(C2=c3ccc([nH]3)=C(c3cnn(C)c3)c3ccc([nH]3)C(c3cnn(C)c3)=c3ccc([nH]3)=C(c3cnn(C)c3)c3ccc2[nH]3)cn1. The van der Waals surface area contributed by atoms with Gasteiger partial charge in [-0.2, -0.15) is 20.4 Å². The van der Waals surface area contributed by atoms with Gasteiger partial charge in [-0.05, 0) is 48.5 Å². The summed E-state index contributed by atoms with van der Waals surface area (Å²) in [6, 6.07) is 17.0. The summed E-state index contributed by atoms with van der Waals surface area (Å²) in [5.41, 5.74) is 11.8. The summed E-state index contributed by atoms with van der Waals surface area (Å²) in [6.07, 6.45) is 15.7. The van der Waals surface area contributed by atoms with Crippen molar-refractivity contribution in [3.8, 4) is 0 Å². The quantitative estimate of drug-likeness (QED) is 0.232. The zero-order valence-corrected chi connectivity index (χ0v) is 26.8. The molecule has 4 N–H and O–H groups in total. The van der Waals surface area contributed by atoms with Crippen LogP contribution in [0, 0.1) is 0 Å². The van der Waals surface area contributed by atoms with Gasteiger partial charge in [0.05, 0.1) is 24.8 Å². The van der Waals surface area contributed by atoms with Gasteiger partial charge in [0.2, 0.25) is 0 Å². The molecule has 0 atom stereocenters. The summed E-state index contributed by atoms with van der Waals surface area (Å²) in [6.45, 7) is 0. The predicted octanol–water partition coefficient (Wildman–Crippen LogP) is 1.24. The number of aromatic nitrogens is 12. The van der Waals surface area contributed by atoms with Crippen molar-refractivity contribution in [1.82, 2.24) is 59.1 Å². The van der Waals surface area contributed by atoms with E-state index in [0.717, 1.165) is 88.7 Å². The zero-order chi connectivity index (χ0) is 32.5. The van der Waals surface area contributed by atoms with Gasteiger partial charge in [-0.1, -0.05) is 0 Å². The van der Waals surface area contributed by atoms with Gasteiger partial charge in [-0.3, -0.25) is 18.7 Å². The van der Waals surface area contributed by atoms with Crippen LogP contribution in [0.2, 0.25) is 0 Å². The molecule has 0 saturated heterocycles. The Kier molecular flexibility index (Phi) is 6.06. The van der Waals surface area contributed by atoms with Crippen molar-refractivity contribution < 1.29 is 0 Å². The second kappa shape index (κ2) is 10.5. The van der Waals surface area contributed by atoms with Crippen LogP contribution < -0.4 is 21.4 Å². The molecule has 1 aliphatic rings. The largest absolute Gasteiger partial charge is 0.354 e. The Morgan fingerprint density at radius 3 is 0.812 bits per heavy atom. The minimum Gasteiger partial charge on any atom is -0.354 e. The van der Waals surface area contributed by atoms with Gasteiger partial charge in [-0.25, -0.2) is 0 Å². The molecule has 0 unspecified atom stereocenters. The van der Waals surface area contributed by atoms with Crippen LogP contribution in [0.3, 0.4) is 0 Å². The molecule has 9 heterocycles. The van der Waals surface area contributed by atoms with E-state index in [1.165, 1.54) is 0 Å². The molecule has 1 aliphatic heterocycles. The molecule has 0 fully saturated rings. The zero-order valence-electron chi connectivity index (χ0n) is 26.8. The predicted molar refractivity (Wildman–Crippen MR) is 181 cm³/mol. The molecule has 8 aromatic heterocycles. The number of H-pyrrole nitrogens is 4. The number of fused-ring (bicyclic) bond motifs is 8. The number of nitrogens with one attached hydrogen (secondary N) is 4. The summed E-state index contributed by atoms with van der Waals surface area (Å²) in [5, 5.41) is 21.9. The molecule has 0 aliphatic carbocycles. The first-order valence-corrected chi connectivity index (χ1v) is 15.6. The van der Waals surface area contributed by atoms with Gasteiger partial charge in [0.15, 0.2) is 0 Å². The molecular formula is C36H32N12. The summed E-state index contributed by atoms with van der Waals surface area (Å²) < 4.78 is 7.30. The fraction of sp³-hybridized carbons (Fsp3) is 0.111. The fourth-order valence-corrected chi connectivity index (χ4v) is 6.77. The fourth-order valence-electron chi connectivity index (χ4n) is 6.77. The Labute approximate surface area is 273 Å². The number of aromatic amines is 4. The molecule has 8 aromatic rings. The van der Waals surface area contributed by atoms with E-state index in [2.05, 4.69) is 88.9 Å². The molecule has 236 valence electrons. The first-order valence-electron chi connectivity index (χ1n) is 15.6. The van der Waals surface area contributed by atoms with Crippen LogP contribution in [-0.4, -0.2) is 59.1 Å². The Morgan fingerprint density at radius 1 is 0.354 bits per heavy atom. The normalized spacial score (nSPS) is 13.2. The van der Waals surface area contributed by atoms with E-state index in [-0.39, 0.29) is 0 Å². The molecular weight excluding hydrogens is 600 g/mol. The van der Waals surface area contributed by atoms with Crippen LogP contribution in [0.1, 0.15) is 45.0 Å². The molecule has 12 nitrogen and oxygen atoms in total. The van der Waals surface area contributed by atoms with Crippen LogP contribution in [0.4, 0.5) is 0 Å². The molecule has 9 rings (SSSR count). The Bertz CT molecular complexity index is 2370. The van der Waals surface area contributed by atoms with Crippen LogP contribution in [0.25, 0.3) is 22.3 Å². The van der Waals surface area contributed by atoms with Crippen molar-refractivity contribution in [2.24, 2.45) is 28.2 Å². The van der Waals surface area contributed by atoms with E-state index < -0.39 is 0 Å². The number of nitrogens with zero attached hydrogens (tertiary/aromatic N) is 8. The maximum atomic E-state index is 4.52. The highest BCUT2D eigenvalue weighted by atomic mass is 15.3. The molecule has 0 radical (unpaired) electrons. The van der Waals surface area contributed by atoms with Crippen molar-refractivity contribution in [3.05, 3.63) is 165 Å². The van der Waals surface area contributed by atoms with E-state index in [4.69, 9.17) is 0 Å². The second-order valence-corrected chi connectivity index (χ2v) is 12.3. The lowest BCUT2D eigenvalue weighted by Gasteiger charge is -2.07. The molecule has 0 aromatic carbocycles. The average molecular weight is 633 g/mol. The first kappa shape index (κ1) is 27.7. The lowest BCUT2D eigenvalue weighted by Crippen LogP contribution is -2.18. The maximum Gasteiger partial charge on any atom is 0.0569 e.